The second kappa shape index (κ2) is 11.9. The Hall–Kier alpha value is -2.36. The van der Waals surface area contributed by atoms with Crippen LogP contribution in [0.2, 0.25) is 10.0 Å². The second-order valence-corrected chi connectivity index (χ2v) is 10.8. The Kier molecular flexibility index (Phi) is 9.73. The number of anilines is 1. The molecule has 1 unspecified atom stereocenters. The summed E-state index contributed by atoms with van der Waals surface area (Å²) in [5, 5.41) is 3.39. The SMILES string of the molecule is CCC(C(=O)NC(C)C)N(Cc1ccc(Cl)c(Cl)c1)C(=O)CN(c1ccccc1F)S(C)(=O)=O. The van der Waals surface area contributed by atoms with E-state index in [1.807, 2.05) is 0 Å². The zero-order valence-electron chi connectivity index (χ0n) is 19.4. The Morgan fingerprint density at radius 2 is 1.74 bits per heavy atom. The normalized spacial score (nSPS) is 12.4. The minimum Gasteiger partial charge on any atom is -0.352 e. The zero-order chi connectivity index (χ0) is 25.6. The topological polar surface area (TPSA) is 86.8 Å². The van der Waals surface area contributed by atoms with Crippen molar-refractivity contribution >= 4 is 50.7 Å². The minimum absolute atomic E-state index is 0.0331. The highest BCUT2D eigenvalue weighted by Crippen LogP contribution is 2.25. The number of sulfonamides is 1. The summed E-state index contributed by atoms with van der Waals surface area (Å²) in [6.45, 7) is 4.60. The molecule has 0 spiro atoms. The molecule has 0 radical (unpaired) electrons. The molecule has 0 aromatic heterocycles. The van der Waals surface area contributed by atoms with Gasteiger partial charge in [-0.05, 0) is 50.1 Å². The van der Waals surface area contributed by atoms with Crippen LogP contribution < -0.4 is 9.62 Å². The molecule has 1 N–H and O–H groups in total. The fourth-order valence-electron chi connectivity index (χ4n) is 3.38. The quantitative estimate of drug-likeness (QED) is 0.496. The zero-order valence-corrected chi connectivity index (χ0v) is 21.7. The second-order valence-electron chi connectivity index (χ2n) is 8.08. The molecule has 7 nitrogen and oxygen atoms in total. The van der Waals surface area contributed by atoms with E-state index in [1.54, 1.807) is 39.0 Å². The van der Waals surface area contributed by atoms with Crippen LogP contribution in [0.3, 0.4) is 0 Å². The summed E-state index contributed by atoms with van der Waals surface area (Å²) in [5.41, 5.74) is 0.336. The minimum atomic E-state index is -4.02. The summed E-state index contributed by atoms with van der Waals surface area (Å²) >= 11 is 12.1. The van der Waals surface area contributed by atoms with Gasteiger partial charge in [-0.15, -0.1) is 0 Å². The smallest absolute Gasteiger partial charge is 0.244 e. The third-order valence-corrected chi connectivity index (χ3v) is 6.82. The predicted octanol–water partition coefficient (Wildman–Crippen LogP) is 4.23. The number of hydrogen-bond donors (Lipinski definition) is 1. The van der Waals surface area contributed by atoms with Crippen molar-refractivity contribution in [3.8, 4) is 0 Å². The van der Waals surface area contributed by atoms with Crippen LogP contribution in [0.1, 0.15) is 32.8 Å². The number of carbonyl (C=O) groups excluding carboxylic acids is 2. The molecule has 34 heavy (non-hydrogen) atoms. The van der Waals surface area contributed by atoms with E-state index in [4.69, 9.17) is 23.2 Å². The summed E-state index contributed by atoms with van der Waals surface area (Å²) in [7, 11) is -4.02. The molecule has 0 aliphatic heterocycles. The highest BCUT2D eigenvalue weighted by molar-refractivity contribution is 7.92. The van der Waals surface area contributed by atoms with Crippen molar-refractivity contribution in [3.05, 3.63) is 63.9 Å². The van der Waals surface area contributed by atoms with E-state index in [1.165, 1.54) is 23.1 Å². The van der Waals surface area contributed by atoms with Crippen LogP contribution in [0.15, 0.2) is 42.5 Å². The summed E-state index contributed by atoms with van der Waals surface area (Å²) in [6, 6.07) is 9.00. The first kappa shape index (κ1) is 27.9. The molecule has 2 aromatic carbocycles. The van der Waals surface area contributed by atoms with E-state index in [2.05, 4.69) is 5.32 Å². The lowest BCUT2D eigenvalue weighted by molar-refractivity contribution is -0.140. The number of halogens is 3. The molecule has 0 heterocycles. The maximum absolute atomic E-state index is 14.4. The number of hydrogen-bond acceptors (Lipinski definition) is 4. The van der Waals surface area contributed by atoms with Gasteiger partial charge in [-0.1, -0.05) is 48.3 Å². The van der Waals surface area contributed by atoms with E-state index in [0.29, 0.717) is 14.9 Å². The number of nitrogens with zero attached hydrogens (tertiary/aromatic N) is 2. The standard InChI is InChI=1S/C23H28Cl2FN3O4S/c1-5-20(23(31)27-15(2)3)28(13-16-10-11-17(24)18(25)12-16)22(30)14-29(34(4,32)33)21-9-7-6-8-19(21)26/h6-12,15,20H,5,13-14H2,1-4H3,(H,27,31). The Labute approximate surface area is 209 Å². The fourth-order valence-corrected chi connectivity index (χ4v) is 4.55. The van der Waals surface area contributed by atoms with Crippen molar-refractivity contribution in [2.75, 3.05) is 17.1 Å². The molecule has 0 aliphatic carbocycles. The van der Waals surface area contributed by atoms with Gasteiger partial charge in [0.2, 0.25) is 21.8 Å². The maximum atomic E-state index is 14.4. The molecular weight excluding hydrogens is 504 g/mol. The summed E-state index contributed by atoms with van der Waals surface area (Å²) in [4.78, 5) is 27.7. The van der Waals surface area contributed by atoms with Gasteiger partial charge in [0, 0.05) is 12.6 Å². The number of nitrogens with one attached hydrogen (secondary N) is 1. The van der Waals surface area contributed by atoms with Crippen molar-refractivity contribution in [2.45, 2.75) is 45.8 Å². The molecule has 1 atom stereocenters. The van der Waals surface area contributed by atoms with Gasteiger partial charge in [-0.3, -0.25) is 13.9 Å². The molecule has 0 saturated heterocycles. The number of para-hydroxylation sites is 1. The van der Waals surface area contributed by atoms with Gasteiger partial charge < -0.3 is 10.2 Å². The molecule has 2 rings (SSSR count). The van der Waals surface area contributed by atoms with Crippen LogP contribution in [0.5, 0.6) is 0 Å². The number of rotatable bonds is 10. The van der Waals surface area contributed by atoms with E-state index in [0.717, 1.165) is 12.3 Å². The van der Waals surface area contributed by atoms with E-state index in [-0.39, 0.29) is 35.6 Å². The van der Waals surface area contributed by atoms with E-state index >= 15 is 0 Å². The van der Waals surface area contributed by atoms with Crippen molar-refractivity contribution in [1.82, 2.24) is 10.2 Å². The van der Waals surface area contributed by atoms with Crippen molar-refractivity contribution < 1.29 is 22.4 Å². The van der Waals surface area contributed by atoms with Crippen molar-refractivity contribution in [3.63, 3.8) is 0 Å². The van der Waals surface area contributed by atoms with Crippen molar-refractivity contribution in [2.24, 2.45) is 0 Å². The van der Waals surface area contributed by atoms with Crippen LogP contribution in [0.4, 0.5) is 10.1 Å². The Bertz CT molecular complexity index is 1140. The van der Waals surface area contributed by atoms with Crippen LogP contribution >= 0.6 is 23.2 Å². The fraction of sp³-hybridized carbons (Fsp3) is 0.391. The average molecular weight is 532 g/mol. The lowest BCUT2D eigenvalue weighted by Gasteiger charge is -2.33. The Balaban J connectivity index is 2.48. The first-order valence-electron chi connectivity index (χ1n) is 10.6. The highest BCUT2D eigenvalue weighted by atomic mass is 35.5. The van der Waals surface area contributed by atoms with Gasteiger partial charge in [0.25, 0.3) is 0 Å². The third kappa shape index (κ3) is 7.32. The first-order valence-corrected chi connectivity index (χ1v) is 13.2. The van der Waals surface area contributed by atoms with Gasteiger partial charge in [-0.25, -0.2) is 12.8 Å². The molecule has 0 saturated carbocycles. The molecule has 11 heteroatoms. The third-order valence-electron chi connectivity index (χ3n) is 4.95. The summed E-state index contributed by atoms with van der Waals surface area (Å²) in [5.74, 6) is -1.85. The molecule has 186 valence electrons. The largest absolute Gasteiger partial charge is 0.352 e. The molecule has 0 bridgehead atoms. The van der Waals surface area contributed by atoms with Crippen LogP contribution in [0, 0.1) is 5.82 Å². The van der Waals surface area contributed by atoms with Gasteiger partial charge in [-0.2, -0.15) is 0 Å². The van der Waals surface area contributed by atoms with Crippen LogP contribution in [-0.2, 0) is 26.2 Å². The predicted molar refractivity (Wildman–Crippen MR) is 133 cm³/mol. The Morgan fingerprint density at radius 1 is 1.09 bits per heavy atom. The van der Waals surface area contributed by atoms with Crippen molar-refractivity contribution in [1.29, 1.82) is 0 Å². The van der Waals surface area contributed by atoms with Gasteiger partial charge in [0.05, 0.1) is 22.0 Å². The monoisotopic (exact) mass is 531 g/mol. The van der Waals surface area contributed by atoms with Gasteiger partial charge in [0.1, 0.15) is 18.4 Å². The first-order chi connectivity index (χ1) is 15.8. The number of amides is 2. The van der Waals surface area contributed by atoms with Crippen LogP contribution in [-0.4, -0.2) is 50.0 Å². The number of benzene rings is 2. The molecule has 2 amide bonds. The maximum Gasteiger partial charge on any atom is 0.244 e. The van der Waals surface area contributed by atoms with Crippen LogP contribution in [0.25, 0.3) is 0 Å². The lowest BCUT2D eigenvalue weighted by Crippen LogP contribution is -2.53. The summed E-state index contributed by atoms with van der Waals surface area (Å²) < 4.78 is 40.1. The van der Waals surface area contributed by atoms with Gasteiger partial charge >= 0.3 is 0 Å². The molecule has 0 fully saturated rings. The molecule has 0 aliphatic rings. The molecular formula is C23H28Cl2FN3O4S. The van der Waals surface area contributed by atoms with E-state index in [9.17, 15) is 22.4 Å². The average Bonchev–Trinajstić information content (AvgIpc) is 2.73. The highest BCUT2D eigenvalue weighted by Gasteiger charge is 2.32. The number of carbonyl (C=O) groups is 2. The van der Waals surface area contributed by atoms with E-state index < -0.39 is 34.3 Å². The molecule has 2 aromatic rings. The lowest BCUT2D eigenvalue weighted by atomic mass is 10.1. The van der Waals surface area contributed by atoms with Gasteiger partial charge in [0.15, 0.2) is 0 Å². The summed E-state index contributed by atoms with van der Waals surface area (Å²) in [6.07, 6.45) is 1.16. The Morgan fingerprint density at radius 3 is 2.26 bits per heavy atom.